The second-order valence-corrected chi connectivity index (χ2v) is 5.39. The van der Waals surface area contributed by atoms with Crippen molar-refractivity contribution in [2.24, 2.45) is 0 Å². The van der Waals surface area contributed by atoms with Crippen molar-refractivity contribution >= 4 is 37.7 Å². The van der Waals surface area contributed by atoms with Crippen molar-refractivity contribution in [3.05, 3.63) is 10.0 Å². The number of hydrogen-bond acceptors (Lipinski definition) is 3. The van der Waals surface area contributed by atoms with Crippen LogP contribution in [0.5, 0.6) is 0 Å². The summed E-state index contributed by atoms with van der Waals surface area (Å²) < 4.78 is 23.7. The third-order valence-electron chi connectivity index (χ3n) is 1.01. The molecule has 0 aromatic carbocycles. The van der Waals surface area contributed by atoms with E-state index in [0.717, 1.165) is 0 Å². The van der Waals surface area contributed by atoms with Crippen LogP contribution in [0.2, 0.25) is 0 Å². The van der Waals surface area contributed by atoms with Gasteiger partial charge in [0.05, 0.1) is 12.1 Å². The Hall–Kier alpha value is 0.320. The van der Waals surface area contributed by atoms with Crippen LogP contribution < -0.4 is 0 Å². The van der Waals surface area contributed by atoms with E-state index in [9.17, 15) is 8.42 Å². The van der Waals surface area contributed by atoms with Crippen LogP contribution in [0.1, 0.15) is 0 Å². The summed E-state index contributed by atoms with van der Waals surface area (Å²) in [6, 6.07) is 0. The van der Waals surface area contributed by atoms with E-state index in [0.29, 0.717) is 10.5 Å². The largest absolute Gasteiger partial charge is 0.253 e. The molecule has 1 aliphatic rings. The molecule has 0 fully saturated rings. The highest BCUT2D eigenvalue weighted by Crippen LogP contribution is 2.29. The molecule has 0 saturated carbocycles. The van der Waals surface area contributed by atoms with Crippen molar-refractivity contribution < 1.29 is 8.42 Å². The van der Waals surface area contributed by atoms with Crippen molar-refractivity contribution in [1.29, 1.82) is 0 Å². The van der Waals surface area contributed by atoms with Gasteiger partial charge in [0.2, 0.25) is 10.0 Å². The molecule has 10 heavy (non-hydrogen) atoms. The summed E-state index contributed by atoms with van der Waals surface area (Å²) in [5, 5.41) is 1.76. The molecule has 0 aromatic heterocycles. The first-order valence-corrected chi connectivity index (χ1v) is 6.16. The highest BCUT2D eigenvalue weighted by atomic mass is 79.9. The number of nitrogens with zero attached hydrogens (tertiary/aromatic N) is 1. The zero-order chi connectivity index (χ0) is 7.78. The molecule has 0 radical (unpaired) electrons. The molecule has 0 N–H and O–H groups in total. The first-order valence-electron chi connectivity index (χ1n) is 2.47. The second-order valence-electron chi connectivity index (χ2n) is 1.85. The molecule has 6 heteroatoms. The fraction of sp³-hybridized carbons (Fsp3) is 0.500. The smallest absolute Gasteiger partial charge is 0.233 e. The SMILES string of the molecule is CS(=O)(=O)N1CSC=C1Br. The van der Waals surface area contributed by atoms with E-state index in [1.807, 2.05) is 0 Å². The molecule has 0 aromatic rings. The first kappa shape index (κ1) is 8.42. The van der Waals surface area contributed by atoms with Gasteiger partial charge < -0.3 is 0 Å². The fourth-order valence-corrected chi connectivity index (χ4v) is 4.02. The monoisotopic (exact) mass is 243 g/mol. The number of rotatable bonds is 1. The molecular formula is C4H6BrNO2S2. The van der Waals surface area contributed by atoms with E-state index in [1.165, 1.54) is 22.3 Å². The summed E-state index contributed by atoms with van der Waals surface area (Å²) in [5.74, 6) is 0.486. The van der Waals surface area contributed by atoms with Gasteiger partial charge in [0, 0.05) is 5.41 Å². The Labute approximate surface area is 72.6 Å². The number of halogens is 1. The van der Waals surface area contributed by atoms with Gasteiger partial charge in [-0.15, -0.1) is 11.8 Å². The standard InChI is InChI=1S/C4H6BrNO2S2/c1-10(7,8)6-3-9-2-4(6)5/h2H,3H2,1H3. The van der Waals surface area contributed by atoms with E-state index in [1.54, 1.807) is 5.41 Å². The molecule has 0 aliphatic carbocycles. The Kier molecular flexibility index (Phi) is 2.31. The lowest BCUT2D eigenvalue weighted by Crippen LogP contribution is -2.23. The maximum atomic E-state index is 10.9. The molecule has 0 atom stereocenters. The number of hydrogen-bond donors (Lipinski definition) is 0. The first-order chi connectivity index (χ1) is 4.52. The van der Waals surface area contributed by atoms with Gasteiger partial charge in [0.15, 0.2) is 0 Å². The Morgan fingerprint density at radius 2 is 2.40 bits per heavy atom. The van der Waals surface area contributed by atoms with E-state index in [-0.39, 0.29) is 0 Å². The predicted octanol–water partition coefficient (Wildman–Crippen LogP) is 1.15. The zero-order valence-electron chi connectivity index (χ0n) is 5.24. The maximum Gasteiger partial charge on any atom is 0.233 e. The molecule has 0 spiro atoms. The van der Waals surface area contributed by atoms with Crippen molar-refractivity contribution in [3.63, 3.8) is 0 Å². The van der Waals surface area contributed by atoms with Gasteiger partial charge in [-0.1, -0.05) is 0 Å². The highest BCUT2D eigenvalue weighted by molar-refractivity contribution is 9.11. The van der Waals surface area contributed by atoms with Crippen molar-refractivity contribution in [3.8, 4) is 0 Å². The lowest BCUT2D eigenvalue weighted by molar-refractivity contribution is 0.540. The Balaban J connectivity index is 2.87. The maximum absolute atomic E-state index is 10.9. The molecule has 0 amide bonds. The van der Waals surface area contributed by atoms with E-state index in [2.05, 4.69) is 15.9 Å². The van der Waals surface area contributed by atoms with Gasteiger partial charge >= 0.3 is 0 Å². The quantitative estimate of drug-likeness (QED) is 0.649. The van der Waals surface area contributed by atoms with Gasteiger partial charge in [-0.3, -0.25) is 4.31 Å². The van der Waals surface area contributed by atoms with Crippen molar-refractivity contribution in [1.82, 2.24) is 4.31 Å². The third-order valence-corrected chi connectivity index (χ3v) is 4.29. The highest BCUT2D eigenvalue weighted by Gasteiger charge is 2.21. The summed E-state index contributed by atoms with van der Waals surface area (Å²) in [6.07, 6.45) is 1.19. The van der Waals surface area contributed by atoms with Crippen LogP contribution >= 0.6 is 27.7 Å². The van der Waals surface area contributed by atoms with Gasteiger partial charge in [-0.25, -0.2) is 8.42 Å². The summed E-state index contributed by atoms with van der Waals surface area (Å²) in [4.78, 5) is 0. The normalized spacial score (nSPS) is 19.4. The number of thioether (sulfide) groups is 1. The van der Waals surface area contributed by atoms with Crippen LogP contribution in [-0.2, 0) is 10.0 Å². The predicted molar refractivity (Wildman–Crippen MR) is 46.2 cm³/mol. The van der Waals surface area contributed by atoms with E-state index < -0.39 is 10.0 Å². The molecular weight excluding hydrogens is 238 g/mol. The average molecular weight is 244 g/mol. The Bertz CT molecular complexity index is 258. The Morgan fingerprint density at radius 1 is 1.80 bits per heavy atom. The van der Waals surface area contributed by atoms with Crippen LogP contribution in [-0.4, -0.2) is 24.9 Å². The van der Waals surface area contributed by atoms with Crippen LogP contribution in [0.4, 0.5) is 0 Å². The van der Waals surface area contributed by atoms with Crippen molar-refractivity contribution in [2.75, 3.05) is 12.1 Å². The van der Waals surface area contributed by atoms with Gasteiger partial charge in [-0.2, -0.15) is 0 Å². The molecule has 58 valence electrons. The molecule has 1 heterocycles. The van der Waals surface area contributed by atoms with Crippen LogP contribution in [0, 0.1) is 0 Å². The Morgan fingerprint density at radius 3 is 2.60 bits per heavy atom. The topological polar surface area (TPSA) is 37.4 Å². The minimum Gasteiger partial charge on any atom is -0.253 e. The van der Waals surface area contributed by atoms with Gasteiger partial charge in [-0.05, 0) is 15.9 Å². The average Bonchev–Trinajstić information content (AvgIpc) is 2.11. The van der Waals surface area contributed by atoms with Crippen LogP contribution in [0.25, 0.3) is 0 Å². The lowest BCUT2D eigenvalue weighted by atomic mass is 11.0. The molecule has 1 rings (SSSR count). The minimum atomic E-state index is -3.05. The molecule has 0 unspecified atom stereocenters. The number of sulfonamides is 1. The summed E-state index contributed by atoms with van der Waals surface area (Å²) in [6.45, 7) is 0. The molecule has 3 nitrogen and oxygen atoms in total. The molecule has 0 saturated heterocycles. The van der Waals surface area contributed by atoms with Gasteiger partial charge in [0.25, 0.3) is 0 Å². The summed E-state index contributed by atoms with van der Waals surface area (Å²) >= 11 is 4.58. The van der Waals surface area contributed by atoms with Gasteiger partial charge in [0.1, 0.15) is 4.61 Å². The van der Waals surface area contributed by atoms with Crippen molar-refractivity contribution in [2.45, 2.75) is 0 Å². The van der Waals surface area contributed by atoms with Crippen LogP contribution in [0.3, 0.4) is 0 Å². The second kappa shape index (κ2) is 2.75. The summed E-state index contributed by atoms with van der Waals surface area (Å²) in [5.41, 5.74) is 0. The van der Waals surface area contributed by atoms with E-state index in [4.69, 9.17) is 0 Å². The zero-order valence-corrected chi connectivity index (χ0v) is 8.46. The lowest BCUT2D eigenvalue weighted by Gasteiger charge is -2.13. The van der Waals surface area contributed by atoms with Crippen LogP contribution in [0.15, 0.2) is 10.0 Å². The third kappa shape index (κ3) is 1.67. The molecule has 1 aliphatic heterocycles. The fourth-order valence-electron chi connectivity index (χ4n) is 0.548. The minimum absolute atomic E-state index is 0.486. The van der Waals surface area contributed by atoms with E-state index >= 15 is 0 Å². The molecule has 0 bridgehead atoms. The summed E-state index contributed by atoms with van der Waals surface area (Å²) in [7, 11) is -3.05.